The maximum Gasteiger partial charge on any atom is 0.176 e. The second kappa shape index (κ2) is 5.66. The van der Waals surface area contributed by atoms with Crippen molar-refractivity contribution in [2.24, 2.45) is 0 Å². The molecule has 0 bridgehead atoms. The fourth-order valence-corrected chi connectivity index (χ4v) is 2.92. The van der Waals surface area contributed by atoms with Gasteiger partial charge in [-0.1, -0.05) is 12.1 Å². The molecule has 0 N–H and O–H groups in total. The molecule has 1 aliphatic rings. The zero-order valence-corrected chi connectivity index (χ0v) is 13.2. The number of morpholine rings is 1. The van der Waals surface area contributed by atoms with Crippen LogP contribution in [-0.4, -0.2) is 42.0 Å². The number of carbonyl (C=O) groups excluding carboxylic acids is 1. The Morgan fingerprint density at radius 2 is 2.05 bits per heavy atom. The second-order valence-corrected chi connectivity index (χ2v) is 6.58. The molecule has 1 aliphatic heterocycles. The van der Waals surface area contributed by atoms with Crippen LogP contribution in [0.2, 0.25) is 0 Å². The van der Waals surface area contributed by atoms with Crippen LogP contribution in [-0.2, 0) is 4.74 Å². The van der Waals surface area contributed by atoms with Crippen LogP contribution in [0.1, 0.15) is 42.3 Å². The number of hydrogen-bond donors (Lipinski definition) is 0. The highest BCUT2D eigenvalue weighted by molar-refractivity contribution is 5.97. The van der Waals surface area contributed by atoms with Crippen molar-refractivity contribution in [3.05, 3.63) is 34.9 Å². The Labute approximate surface area is 121 Å². The summed E-state index contributed by atoms with van der Waals surface area (Å²) in [5, 5.41) is 0. The number of ether oxygens (including phenoxy) is 1. The topological polar surface area (TPSA) is 29.5 Å². The number of aryl methyl sites for hydroxylation is 2. The third-order valence-corrected chi connectivity index (χ3v) is 3.84. The van der Waals surface area contributed by atoms with E-state index in [4.69, 9.17) is 4.74 Å². The Bertz CT molecular complexity index is 508. The number of hydrogen-bond acceptors (Lipinski definition) is 3. The molecular weight excluding hydrogens is 250 g/mol. The molecule has 1 atom stereocenters. The van der Waals surface area contributed by atoms with Crippen molar-refractivity contribution in [2.75, 3.05) is 19.6 Å². The number of rotatable bonds is 3. The Morgan fingerprint density at radius 3 is 2.65 bits per heavy atom. The number of carbonyl (C=O) groups is 1. The van der Waals surface area contributed by atoms with Gasteiger partial charge in [-0.05, 0) is 51.8 Å². The van der Waals surface area contributed by atoms with Crippen molar-refractivity contribution in [3.8, 4) is 0 Å². The van der Waals surface area contributed by atoms with E-state index >= 15 is 0 Å². The van der Waals surface area contributed by atoms with E-state index in [1.54, 1.807) is 0 Å². The Kier molecular flexibility index (Phi) is 4.31. The smallest absolute Gasteiger partial charge is 0.176 e. The standard InChI is InChI=1S/C17H25NO2/c1-12-6-7-15(8-13(12)2)16(19)10-18-9-14(3)20-17(4,5)11-18/h6-8,14H,9-11H2,1-5H3. The van der Waals surface area contributed by atoms with Crippen molar-refractivity contribution >= 4 is 5.78 Å². The molecule has 0 amide bonds. The predicted molar refractivity (Wildman–Crippen MR) is 81.3 cm³/mol. The number of ketones is 1. The Morgan fingerprint density at radius 1 is 1.35 bits per heavy atom. The summed E-state index contributed by atoms with van der Waals surface area (Å²) in [6.45, 7) is 12.4. The summed E-state index contributed by atoms with van der Waals surface area (Å²) in [7, 11) is 0. The first-order chi connectivity index (χ1) is 9.27. The minimum Gasteiger partial charge on any atom is -0.370 e. The SMILES string of the molecule is Cc1ccc(C(=O)CN2CC(C)OC(C)(C)C2)cc1C. The molecule has 0 aliphatic carbocycles. The largest absolute Gasteiger partial charge is 0.370 e. The highest BCUT2D eigenvalue weighted by Crippen LogP contribution is 2.21. The van der Waals surface area contributed by atoms with Crippen LogP contribution in [0.15, 0.2) is 18.2 Å². The molecule has 1 aromatic carbocycles. The van der Waals surface area contributed by atoms with Crippen molar-refractivity contribution in [1.82, 2.24) is 4.90 Å². The van der Waals surface area contributed by atoms with Gasteiger partial charge in [0.05, 0.1) is 18.2 Å². The van der Waals surface area contributed by atoms with E-state index in [0.717, 1.165) is 18.7 Å². The molecule has 110 valence electrons. The highest BCUT2D eigenvalue weighted by Gasteiger charge is 2.32. The molecule has 1 unspecified atom stereocenters. The molecule has 0 aromatic heterocycles. The number of benzene rings is 1. The van der Waals surface area contributed by atoms with Crippen molar-refractivity contribution in [1.29, 1.82) is 0 Å². The Balaban J connectivity index is 2.05. The van der Waals surface area contributed by atoms with Gasteiger partial charge in [-0.15, -0.1) is 0 Å². The molecule has 20 heavy (non-hydrogen) atoms. The van der Waals surface area contributed by atoms with Gasteiger partial charge in [0.2, 0.25) is 0 Å². The maximum atomic E-state index is 12.4. The molecular formula is C17H25NO2. The van der Waals surface area contributed by atoms with Gasteiger partial charge in [-0.2, -0.15) is 0 Å². The van der Waals surface area contributed by atoms with Crippen LogP contribution in [0.25, 0.3) is 0 Å². The summed E-state index contributed by atoms with van der Waals surface area (Å²) < 4.78 is 5.87. The fraction of sp³-hybridized carbons (Fsp3) is 0.588. The van der Waals surface area contributed by atoms with Crippen molar-refractivity contribution in [3.63, 3.8) is 0 Å². The Hall–Kier alpha value is -1.19. The maximum absolute atomic E-state index is 12.4. The zero-order valence-electron chi connectivity index (χ0n) is 13.2. The second-order valence-electron chi connectivity index (χ2n) is 6.58. The molecule has 2 rings (SSSR count). The minimum atomic E-state index is -0.179. The highest BCUT2D eigenvalue weighted by atomic mass is 16.5. The molecule has 3 nitrogen and oxygen atoms in total. The molecule has 1 aromatic rings. The van der Waals surface area contributed by atoms with E-state index in [-0.39, 0.29) is 17.5 Å². The van der Waals surface area contributed by atoms with E-state index in [2.05, 4.69) is 32.6 Å². The van der Waals surface area contributed by atoms with Crippen molar-refractivity contribution in [2.45, 2.75) is 46.3 Å². The average Bonchev–Trinajstić information content (AvgIpc) is 2.29. The molecule has 0 spiro atoms. The molecule has 1 fully saturated rings. The summed E-state index contributed by atoms with van der Waals surface area (Å²) in [4.78, 5) is 14.6. The van der Waals surface area contributed by atoms with Gasteiger partial charge in [0.25, 0.3) is 0 Å². The third kappa shape index (κ3) is 3.68. The van der Waals surface area contributed by atoms with E-state index in [1.807, 2.05) is 25.1 Å². The monoisotopic (exact) mass is 275 g/mol. The van der Waals surface area contributed by atoms with Gasteiger partial charge in [-0.3, -0.25) is 9.69 Å². The minimum absolute atomic E-state index is 0.173. The first-order valence-corrected chi connectivity index (χ1v) is 7.27. The van der Waals surface area contributed by atoms with E-state index in [9.17, 15) is 4.79 Å². The van der Waals surface area contributed by atoms with Gasteiger partial charge in [0.15, 0.2) is 5.78 Å². The lowest BCUT2D eigenvalue weighted by Gasteiger charge is -2.41. The molecule has 0 saturated carbocycles. The first-order valence-electron chi connectivity index (χ1n) is 7.27. The van der Waals surface area contributed by atoms with Gasteiger partial charge in [-0.25, -0.2) is 0 Å². The summed E-state index contributed by atoms with van der Waals surface area (Å²) in [5.41, 5.74) is 3.03. The van der Waals surface area contributed by atoms with Gasteiger partial charge in [0.1, 0.15) is 0 Å². The number of Topliss-reactive ketones (excluding diaryl/α,β-unsaturated/α-hetero) is 1. The molecule has 3 heteroatoms. The lowest BCUT2D eigenvalue weighted by molar-refractivity contribution is -0.126. The number of nitrogens with zero attached hydrogens (tertiary/aromatic N) is 1. The quantitative estimate of drug-likeness (QED) is 0.794. The van der Waals surface area contributed by atoms with E-state index in [0.29, 0.717) is 6.54 Å². The normalized spacial score (nSPS) is 22.8. The summed E-state index contributed by atoms with van der Waals surface area (Å²) >= 11 is 0. The van der Waals surface area contributed by atoms with Crippen LogP contribution >= 0.6 is 0 Å². The molecule has 1 heterocycles. The summed E-state index contributed by atoms with van der Waals surface area (Å²) in [6.07, 6.45) is 0.173. The van der Waals surface area contributed by atoms with Gasteiger partial charge >= 0.3 is 0 Å². The van der Waals surface area contributed by atoms with E-state index < -0.39 is 0 Å². The molecule has 1 saturated heterocycles. The lowest BCUT2D eigenvalue weighted by atomic mass is 10.0. The van der Waals surface area contributed by atoms with Crippen LogP contribution in [0.4, 0.5) is 0 Å². The molecule has 0 radical (unpaired) electrons. The van der Waals surface area contributed by atoms with E-state index in [1.165, 1.54) is 11.1 Å². The summed E-state index contributed by atoms with van der Waals surface area (Å²) in [5.74, 6) is 0.193. The first kappa shape index (κ1) is 15.2. The van der Waals surface area contributed by atoms with Crippen LogP contribution in [0.5, 0.6) is 0 Å². The van der Waals surface area contributed by atoms with Crippen LogP contribution in [0.3, 0.4) is 0 Å². The average molecular weight is 275 g/mol. The van der Waals surface area contributed by atoms with Gasteiger partial charge < -0.3 is 4.74 Å². The third-order valence-electron chi connectivity index (χ3n) is 3.84. The lowest BCUT2D eigenvalue weighted by Crippen LogP contribution is -2.53. The van der Waals surface area contributed by atoms with Crippen LogP contribution in [0, 0.1) is 13.8 Å². The predicted octanol–water partition coefficient (Wildman–Crippen LogP) is 2.99. The zero-order chi connectivity index (χ0) is 14.9. The van der Waals surface area contributed by atoms with Gasteiger partial charge in [0, 0.05) is 18.7 Å². The summed E-state index contributed by atoms with van der Waals surface area (Å²) in [6, 6.07) is 5.95. The fourth-order valence-electron chi connectivity index (χ4n) is 2.92. The van der Waals surface area contributed by atoms with Crippen molar-refractivity contribution < 1.29 is 9.53 Å². The van der Waals surface area contributed by atoms with Crippen LogP contribution < -0.4 is 0 Å².